The minimum Gasteiger partial charge on any atom is -0.284 e. The summed E-state index contributed by atoms with van der Waals surface area (Å²) in [4.78, 5) is 26.4. The second-order valence-electron chi connectivity index (χ2n) is 3.25. The zero-order valence-corrected chi connectivity index (χ0v) is 8.46. The van der Waals surface area contributed by atoms with Gasteiger partial charge in [0.15, 0.2) is 0 Å². The number of hydrogen-bond donors (Lipinski definition) is 0. The Balaban J connectivity index is 2.71. The first-order chi connectivity index (χ1) is 7.77. The lowest BCUT2D eigenvalue weighted by Crippen LogP contribution is -2.27. The largest absolute Gasteiger partial charge is 0.317 e. The van der Waals surface area contributed by atoms with Gasteiger partial charge in [0.2, 0.25) is 5.78 Å². The van der Waals surface area contributed by atoms with Crippen molar-refractivity contribution >= 4 is 17.8 Å². The van der Waals surface area contributed by atoms with E-state index >= 15 is 0 Å². The summed E-state index contributed by atoms with van der Waals surface area (Å²) >= 11 is 0. The molecule has 0 fully saturated rings. The summed E-state index contributed by atoms with van der Waals surface area (Å²) < 4.78 is 0. The standard InChI is InChI=1S/C13H9NO2/c15-12-9-3-1-2-6-10-7-4-5-8-11(10)14-13(12)16/h1-9H/b2-1-,9-3-,10-6-,14-11?. The maximum atomic E-state index is 11.4. The molecule has 16 heavy (non-hydrogen) atoms. The van der Waals surface area contributed by atoms with E-state index in [2.05, 4.69) is 4.99 Å². The van der Waals surface area contributed by atoms with Gasteiger partial charge in [0.05, 0.1) is 5.36 Å². The molecular formula is C13H9NO2. The van der Waals surface area contributed by atoms with Crippen LogP contribution in [0, 0.1) is 0 Å². The molecule has 3 nitrogen and oxygen atoms in total. The van der Waals surface area contributed by atoms with Crippen LogP contribution in [0.2, 0.25) is 0 Å². The average Bonchev–Trinajstić information content (AvgIpc) is 2.30. The minimum atomic E-state index is -0.743. The highest BCUT2D eigenvalue weighted by atomic mass is 16.2. The lowest BCUT2D eigenvalue weighted by molar-refractivity contribution is -0.133. The molecule has 0 N–H and O–H groups in total. The normalized spacial score (nSPS) is 21.1. The SMILES string of the molecule is O=C1\C=C/C=C\C=c2\ccccc2=NC1=O. The Bertz CT molecular complexity index is 609. The van der Waals surface area contributed by atoms with Crippen LogP contribution in [0.5, 0.6) is 0 Å². The summed E-state index contributed by atoms with van der Waals surface area (Å²) in [5.74, 6) is -1.35. The van der Waals surface area contributed by atoms with Crippen LogP contribution in [0.4, 0.5) is 0 Å². The van der Waals surface area contributed by atoms with E-state index in [0.717, 1.165) is 5.22 Å². The third-order valence-electron chi connectivity index (χ3n) is 2.12. The first kappa shape index (κ1) is 10.2. The van der Waals surface area contributed by atoms with Crippen molar-refractivity contribution in [2.45, 2.75) is 0 Å². The molecule has 1 aliphatic heterocycles. The fourth-order valence-corrected chi connectivity index (χ4v) is 1.33. The summed E-state index contributed by atoms with van der Waals surface area (Å²) in [6.07, 6.45) is 8.08. The highest BCUT2D eigenvalue weighted by Gasteiger charge is 2.07. The minimum absolute atomic E-state index is 0.515. The van der Waals surface area contributed by atoms with Crippen molar-refractivity contribution < 1.29 is 9.59 Å². The number of carbonyl (C=O) groups is 2. The van der Waals surface area contributed by atoms with E-state index < -0.39 is 11.7 Å². The molecule has 0 bridgehead atoms. The van der Waals surface area contributed by atoms with Gasteiger partial charge in [0, 0.05) is 5.22 Å². The first-order valence-corrected chi connectivity index (χ1v) is 4.84. The van der Waals surface area contributed by atoms with Gasteiger partial charge in [0.25, 0.3) is 0 Å². The van der Waals surface area contributed by atoms with E-state index in [4.69, 9.17) is 0 Å². The Morgan fingerprint density at radius 3 is 2.62 bits per heavy atom. The van der Waals surface area contributed by atoms with E-state index in [0.29, 0.717) is 5.36 Å². The van der Waals surface area contributed by atoms with Crippen molar-refractivity contribution in [3.05, 3.63) is 59.1 Å². The predicted octanol–water partition coefficient (Wildman–Crippen LogP) is 0.308. The summed E-state index contributed by atoms with van der Waals surface area (Å²) in [5, 5.41) is 1.33. The number of para-hydroxylation sites is 1. The van der Waals surface area contributed by atoms with Crippen molar-refractivity contribution in [3.63, 3.8) is 0 Å². The Hall–Kier alpha value is -2.29. The maximum absolute atomic E-state index is 11.4. The second kappa shape index (κ2) is 4.49. The predicted molar refractivity (Wildman–Crippen MR) is 60.0 cm³/mol. The van der Waals surface area contributed by atoms with E-state index in [-0.39, 0.29) is 0 Å². The molecule has 1 amide bonds. The van der Waals surface area contributed by atoms with Gasteiger partial charge in [-0.15, -0.1) is 0 Å². The number of carbonyl (C=O) groups excluding carboxylic acids is 2. The number of nitrogens with zero attached hydrogens (tertiary/aromatic N) is 1. The Morgan fingerprint density at radius 2 is 1.75 bits per heavy atom. The monoisotopic (exact) mass is 211 g/mol. The number of allylic oxidation sites excluding steroid dienone is 3. The Kier molecular flexibility index (Phi) is 2.87. The van der Waals surface area contributed by atoms with Crippen molar-refractivity contribution in [1.82, 2.24) is 0 Å². The zero-order valence-electron chi connectivity index (χ0n) is 8.46. The van der Waals surface area contributed by atoms with E-state index in [1.807, 2.05) is 18.2 Å². The number of benzene rings is 1. The zero-order chi connectivity index (χ0) is 11.4. The van der Waals surface area contributed by atoms with E-state index in [1.54, 1.807) is 24.3 Å². The van der Waals surface area contributed by atoms with Gasteiger partial charge < -0.3 is 0 Å². The van der Waals surface area contributed by atoms with Crippen LogP contribution in [0.25, 0.3) is 6.08 Å². The molecular weight excluding hydrogens is 202 g/mol. The summed E-state index contributed by atoms with van der Waals surface area (Å²) in [5.41, 5.74) is 0. The summed E-state index contributed by atoms with van der Waals surface area (Å²) in [6.45, 7) is 0. The molecule has 1 aromatic rings. The van der Waals surface area contributed by atoms with Crippen LogP contribution in [0.3, 0.4) is 0 Å². The van der Waals surface area contributed by atoms with Gasteiger partial charge in [-0.25, -0.2) is 4.99 Å². The highest BCUT2D eigenvalue weighted by molar-refractivity contribution is 6.41. The smallest absolute Gasteiger partial charge is 0.284 e. The van der Waals surface area contributed by atoms with Gasteiger partial charge in [-0.2, -0.15) is 0 Å². The molecule has 0 unspecified atom stereocenters. The second-order valence-corrected chi connectivity index (χ2v) is 3.25. The number of ketones is 1. The van der Waals surface area contributed by atoms with Crippen LogP contribution in [0.1, 0.15) is 0 Å². The van der Waals surface area contributed by atoms with E-state index in [1.165, 1.54) is 12.2 Å². The quantitative estimate of drug-likeness (QED) is 0.580. The van der Waals surface area contributed by atoms with Crippen LogP contribution in [-0.4, -0.2) is 11.7 Å². The fourth-order valence-electron chi connectivity index (χ4n) is 1.33. The Labute approximate surface area is 92.1 Å². The molecule has 0 atom stereocenters. The molecule has 0 saturated heterocycles. The van der Waals surface area contributed by atoms with Gasteiger partial charge in [-0.05, 0) is 12.1 Å². The van der Waals surface area contributed by atoms with E-state index in [9.17, 15) is 9.59 Å². The number of amides is 1. The van der Waals surface area contributed by atoms with Crippen LogP contribution in [-0.2, 0) is 9.59 Å². The topological polar surface area (TPSA) is 46.5 Å². The van der Waals surface area contributed by atoms with Crippen molar-refractivity contribution in [2.24, 2.45) is 4.99 Å². The third kappa shape index (κ3) is 2.20. The lowest BCUT2D eigenvalue weighted by atomic mass is 10.2. The number of rotatable bonds is 0. The van der Waals surface area contributed by atoms with Gasteiger partial charge in [-0.3, -0.25) is 9.59 Å². The Morgan fingerprint density at radius 1 is 0.938 bits per heavy atom. The van der Waals surface area contributed by atoms with Crippen LogP contribution < -0.4 is 10.6 Å². The van der Waals surface area contributed by atoms with Gasteiger partial charge in [-0.1, -0.05) is 42.5 Å². The van der Waals surface area contributed by atoms with Gasteiger partial charge >= 0.3 is 5.91 Å². The first-order valence-electron chi connectivity index (χ1n) is 4.84. The summed E-state index contributed by atoms with van der Waals surface area (Å²) in [7, 11) is 0. The number of hydrogen-bond acceptors (Lipinski definition) is 2. The van der Waals surface area contributed by atoms with Crippen molar-refractivity contribution in [3.8, 4) is 0 Å². The lowest BCUT2D eigenvalue weighted by Gasteiger charge is -1.91. The fraction of sp³-hybridized carbons (Fsp3) is 0. The molecule has 0 radical (unpaired) electrons. The molecule has 1 aliphatic rings. The summed E-state index contributed by atoms with van der Waals surface area (Å²) in [6, 6.07) is 7.17. The third-order valence-corrected chi connectivity index (χ3v) is 2.12. The molecule has 0 aliphatic carbocycles. The molecule has 0 saturated carbocycles. The molecule has 78 valence electrons. The number of fused-ring (bicyclic) bond motifs is 1. The molecule has 2 rings (SSSR count). The van der Waals surface area contributed by atoms with Crippen molar-refractivity contribution in [1.29, 1.82) is 0 Å². The average molecular weight is 211 g/mol. The van der Waals surface area contributed by atoms with Crippen LogP contribution in [0.15, 0.2) is 53.6 Å². The molecule has 0 spiro atoms. The maximum Gasteiger partial charge on any atom is 0.317 e. The molecule has 1 heterocycles. The van der Waals surface area contributed by atoms with Crippen LogP contribution >= 0.6 is 0 Å². The molecule has 0 aromatic heterocycles. The highest BCUT2D eigenvalue weighted by Crippen LogP contribution is 1.86. The van der Waals surface area contributed by atoms with Gasteiger partial charge in [0.1, 0.15) is 0 Å². The van der Waals surface area contributed by atoms with Crippen molar-refractivity contribution in [2.75, 3.05) is 0 Å². The molecule has 1 aromatic carbocycles. The molecule has 3 heteroatoms.